The highest BCUT2D eigenvalue weighted by Crippen LogP contribution is 2.31. The van der Waals surface area contributed by atoms with Gasteiger partial charge in [0.2, 0.25) is 11.9 Å². The summed E-state index contributed by atoms with van der Waals surface area (Å²) in [5.41, 5.74) is 1.82. The lowest BCUT2D eigenvalue weighted by Gasteiger charge is -2.30. The van der Waals surface area contributed by atoms with Crippen molar-refractivity contribution in [1.82, 2.24) is 14.4 Å². The molecule has 0 spiro atoms. The Morgan fingerprint density at radius 3 is 2.50 bits per heavy atom. The number of aryl methyl sites for hydroxylation is 1. The number of carbonyl (C=O) groups is 2. The number of ether oxygens (including phenoxy) is 2. The third kappa shape index (κ3) is 2.66. The number of likely N-dealkylation sites (N-methyl/N-ethyl adjacent to an activating group) is 2. The van der Waals surface area contributed by atoms with E-state index in [1.807, 2.05) is 46.5 Å². The molecule has 0 aliphatic carbocycles. The van der Waals surface area contributed by atoms with Gasteiger partial charge in [0.25, 0.3) is 5.91 Å². The van der Waals surface area contributed by atoms with Crippen LogP contribution in [0.5, 0.6) is 5.75 Å². The lowest BCUT2D eigenvalue weighted by molar-refractivity contribution is -0.676. The molecule has 3 amide bonds. The summed E-state index contributed by atoms with van der Waals surface area (Å²) in [6, 6.07) is 6.61. The number of imidazole rings is 1. The van der Waals surface area contributed by atoms with E-state index >= 15 is 0 Å². The standard InChI is InChI=1S/C19H22N5O4/c1-12-11-23-15-16(21(2)19(26)22(3)17(15)25)20-18(23)24(12)13-5-7-14(8-6-13)28-10-9-27-4/h5-8,11,15H,9-10H2,1-4H3/q+1. The fourth-order valence-electron chi connectivity index (χ4n) is 3.52. The van der Waals surface area contributed by atoms with Crippen LogP contribution >= 0.6 is 0 Å². The third-order valence-electron chi connectivity index (χ3n) is 4.98. The summed E-state index contributed by atoms with van der Waals surface area (Å²) in [7, 11) is 4.75. The second-order valence-corrected chi connectivity index (χ2v) is 6.76. The maximum atomic E-state index is 12.7. The Morgan fingerprint density at radius 2 is 1.82 bits per heavy atom. The van der Waals surface area contributed by atoms with Gasteiger partial charge in [-0.15, -0.1) is 0 Å². The zero-order valence-electron chi connectivity index (χ0n) is 16.2. The smallest absolute Gasteiger partial charge is 0.406 e. The normalized spacial score (nSPS) is 18.3. The third-order valence-corrected chi connectivity index (χ3v) is 4.98. The largest absolute Gasteiger partial charge is 0.491 e. The van der Waals surface area contributed by atoms with Gasteiger partial charge in [0.1, 0.15) is 29.9 Å². The van der Waals surface area contributed by atoms with E-state index in [-0.39, 0.29) is 11.9 Å². The highest BCUT2D eigenvalue weighted by Gasteiger charge is 2.52. The topological polar surface area (TPSA) is 80.2 Å². The van der Waals surface area contributed by atoms with E-state index in [2.05, 4.69) is 4.99 Å². The number of hydrogen-bond donors (Lipinski definition) is 0. The Morgan fingerprint density at radius 1 is 1.11 bits per heavy atom. The monoisotopic (exact) mass is 384 g/mol. The van der Waals surface area contributed by atoms with Crippen molar-refractivity contribution in [3.63, 3.8) is 0 Å². The van der Waals surface area contributed by atoms with E-state index in [1.54, 1.807) is 14.2 Å². The number of hydrogen-bond acceptors (Lipinski definition) is 5. The summed E-state index contributed by atoms with van der Waals surface area (Å²) in [5.74, 6) is 1.51. The number of aliphatic imine (C=N–C) groups is 1. The summed E-state index contributed by atoms with van der Waals surface area (Å²) in [4.78, 5) is 32.1. The predicted molar refractivity (Wildman–Crippen MR) is 100 cm³/mol. The molecule has 4 rings (SSSR count). The predicted octanol–water partition coefficient (Wildman–Crippen LogP) is 1.21. The van der Waals surface area contributed by atoms with Crippen LogP contribution in [-0.2, 0) is 9.53 Å². The zero-order chi connectivity index (χ0) is 20.0. The number of benzene rings is 1. The molecule has 0 N–H and O–H groups in total. The molecule has 1 saturated heterocycles. The van der Waals surface area contributed by atoms with E-state index in [1.165, 1.54) is 11.9 Å². The minimum atomic E-state index is -0.626. The van der Waals surface area contributed by atoms with Crippen LogP contribution in [-0.4, -0.2) is 66.6 Å². The van der Waals surface area contributed by atoms with Crippen molar-refractivity contribution in [3.05, 3.63) is 36.2 Å². The molecule has 28 heavy (non-hydrogen) atoms. The zero-order valence-corrected chi connectivity index (χ0v) is 16.2. The first-order valence-corrected chi connectivity index (χ1v) is 8.93. The number of carbonyl (C=O) groups excluding carboxylic acids is 2. The molecule has 1 aromatic heterocycles. The lowest BCUT2D eigenvalue weighted by Crippen LogP contribution is -2.61. The van der Waals surface area contributed by atoms with Crippen molar-refractivity contribution < 1.29 is 23.6 Å². The summed E-state index contributed by atoms with van der Waals surface area (Å²) in [6.45, 7) is 2.96. The van der Waals surface area contributed by atoms with Gasteiger partial charge in [0.15, 0.2) is 0 Å². The van der Waals surface area contributed by atoms with Crippen LogP contribution in [0.3, 0.4) is 0 Å². The SMILES string of the molecule is COCCOc1ccc(-n2c(C)c[n+]3c2N=C2C3C(=O)N(C)C(=O)N2C)cc1. The van der Waals surface area contributed by atoms with Crippen molar-refractivity contribution in [2.45, 2.75) is 13.0 Å². The highest BCUT2D eigenvalue weighted by molar-refractivity contribution is 6.18. The maximum Gasteiger partial charge on any atom is 0.406 e. The quantitative estimate of drug-likeness (QED) is 0.573. The van der Waals surface area contributed by atoms with E-state index in [4.69, 9.17) is 9.47 Å². The summed E-state index contributed by atoms with van der Waals surface area (Å²) in [6.07, 6.45) is 1.88. The highest BCUT2D eigenvalue weighted by atomic mass is 16.5. The van der Waals surface area contributed by atoms with Gasteiger partial charge < -0.3 is 9.47 Å². The molecule has 2 aliphatic heterocycles. The van der Waals surface area contributed by atoms with Gasteiger partial charge in [-0.1, -0.05) is 4.99 Å². The average molecular weight is 384 g/mol. The Labute approximate surface area is 162 Å². The first-order chi connectivity index (χ1) is 13.4. The Bertz CT molecular complexity index is 979. The van der Waals surface area contributed by atoms with Crippen LogP contribution in [0.2, 0.25) is 0 Å². The molecule has 1 fully saturated rings. The van der Waals surface area contributed by atoms with Crippen LogP contribution in [0.4, 0.5) is 10.7 Å². The molecule has 1 atom stereocenters. The van der Waals surface area contributed by atoms with Gasteiger partial charge in [-0.3, -0.25) is 14.6 Å². The number of nitrogens with zero attached hydrogens (tertiary/aromatic N) is 5. The first-order valence-electron chi connectivity index (χ1n) is 8.93. The summed E-state index contributed by atoms with van der Waals surface area (Å²) >= 11 is 0. The Hall–Kier alpha value is -3.20. The second-order valence-electron chi connectivity index (χ2n) is 6.76. The van der Waals surface area contributed by atoms with E-state index in [0.29, 0.717) is 25.0 Å². The van der Waals surface area contributed by atoms with Gasteiger partial charge in [-0.05, 0) is 31.2 Å². The molecular weight excluding hydrogens is 362 g/mol. The number of urea groups is 1. The van der Waals surface area contributed by atoms with E-state index < -0.39 is 6.04 Å². The van der Waals surface area contributed by atoms with Crippen LogP contribution in [0.15, 0.2) is 35.5 Å². The number of imide groups is 1. The Kier molecular flexibility index (Phi) is 4.38. The van der Waals surface area contributed by atoms with Crippen LogP contribution in [0.25, 0.3) is 5.69 Å². The van der Waals surface area contributed by atoms with Gasteiger partial charge in [-0.25, -0.2) is 9.36 Å². The van der Waals surface area contributed by atoms with Crippen LogP contribution in [0.1, 0.15) is 11.7 Å². The minimum Gasteiger partial charge on any atom is -0.491 e. The molecule has 2 aliphatic rings. The van der Waals surface area contributed by atoms with Crippen LogP contribution < -0.4 is 9.30 Å². The first kappa shape index (κ1) is 18.2. The van der Waals surface area contributed by atoms with Crippen molar-refractivity contribution in [2.24, 2.45) is 4.99 Å². The number of rotatable bonds is 5. The molecule has 0 bridgehead atoms. The average Bonchev–Trinajstić information content (AvgIpc) is 3.20. The molecule has 3 heterocycles. The Balaban J connectivity index is 1.70. The summed E-state index contributed by atoms with van der Waals surface area (Å²) < 4.78 is 14.4. The minimum absolute atomic E-state index is 0.287. The van der Waals surface area contributed by atoms with Crippen molar-refractivity contribution in [2.75, 3.05) is 34.4 Å². The van der Waals surface area contributed by atoms with Gasteiger partial charge >= 0.3 is 12.0 Å². The molecule has 9 nitrogen and oxygen atoms in total. The molecule has 0 radical (unpaired) electrons. The van der Waals surface area contributed by atoms with Crippen LogP contribution in [0, 0.1) is 6.92 Å². The van der Waals surface area contributed by atoms with Gasteiger partial charge in [0.05, 0.1) is 6.61 Å². The van der Waals surface area contributed by atoms with Crippen molar-refractivity contribution >= 4 is 23.7 Å². The lowest BCUT2D eigenvalue weighted by atomic mass is 10.2. The number of aromatic nitrogens is 2. The fraction of sp³-hybridized carbons (Fsp3) is 0.368. The molecular formula is C19H22N5O4+. The van der Waals surface area contributed by atoms with E-state index in [9.17, 15) is 9.59 Å². The second kappa shape index (κ2) is 6.75. The molecule has 1 aromatic carbocycles. The van der Waals surface area contributed by atoms with Crippen molar-refractivity contribution in [1.29, 1.82) is 0 Å². The number of amides is 3. The number of fused-ring (bicyclic) bond motifs is 3. The molecule has 9 heteroatoms. The maximum absolute atomic E-state index is 12.7. The number of methoxy groups -OCH3 is 1. The molecule has 146 valence electrons. The van der Waals surface area contributed by atoms with Gasteiger partial charge in [-0.2, -0.15) is 4.57 Å². The number of amidine groups is 1. The summed E-state index contributed by atoms with van der Waals surface area (Å²) in [5, 5.41) is 0. The van der Waals surface area contributed by atoms with Crippen molar-refractivity contribution in [3.8, 4) is 11.4 Å². The fourth-order valence-corrected chi connectivity index (χ4v) is 3.52. The van der Waals surface area contributed by atoms with E-state index in [0.717, 1.165) is 22.0 Å². The molecule has 1 unspecified atom stereocenters. The molecule has 2 aromatic rings. The molecule has 0 saturated carbocycles. The van der Waals surface area contributed by atoms with Gasteiger partial charge in [0, 0.05) is 21.2 Å².